The van der Waals surface area contributed by atoms with E-state index in [-0.39, 0.29) is 18.2 Å². The maximum atomic E-state index is 13.2. The van der Waals surface area contributed by atoms with E-state index in [9.17, 15) is 14.7 Å². The van der Waals surface area contributed by atoms with Gasteiger partial charge in [-0.2, -0.15) is 0 Å². The summed E-state index contributed by atoms with van der Waals surface area (Å²) in [4.78, 5) is 26.8. The van der Waals surface area contributed by atoms with Gasteiger partial charge in [-0.05, 0) is 72.8 Å². The summed E-state index contributed by atoms with van der Waals surface area (Å²) >= 11 is 1.42. The van der Waals surface area contributed by atoms with Crippen molar-refractivity contribution in [1.29, 1.82) is 0 Å². The molecule has 4 nitrogen and oxygen atoms in total. The molecule has 0 aliphatic rings. The molecular weight excluding hydrogens is 442 g/mol. The first-order chi connectivity index (χ1) is 16.5. The van der Waals surface area contributed by atoms with Crippen LogP contribution < -0.4 is 0 Å². The highest BCUT2D eigenvalue weighted by molar-refractivity contribution is 7.12. The van der Waals surface area contributed by atoms with E-state index in [1.54, 1.807) is 6.08 Å². The average molecular weight is 470 g/mol. The summed E-state index contributed by atoms with van der Waals surface area (Å²) in [6, 6.07) is 15.0. The monoisotopic (exact) mass is 469 g/mol. The first-order valence-electron chi connectivity index (χ1n) is 11.2. The van der Waals surface area contributed by atoms with Gasteiger partial charge in [0.2, 0.25) is 5.78 Å². The van der Waals surface area contributed by atoms with E-state index >= 15 is 0 Å². The van der Waals surface area contributed by atoms with Crippen LogP contribution in [0.5, 0.6) is 0 Å². The van der Waals surface area contributed by atoms with E-state index < -0.39 is 0 Å². The lowest BCUT2D eigenvalue weighted by Gasteiger charge is -2.08. The van der Waals surface area contributed by atoms with Gasteiger partial charge in [-0.3, -0.25) is 9.59 Å². The van der Waals surface area contributed by atoms with Gasteiger partial charge in [-0.1, -0.05) is 30.9 Å². The molecule has 0 aliphatic carbocycles. The Morgan fingerprint density at radius 1 is 1.06 bits per heavy atom. The van der Waals surface area contributed by atoms with Crippen LogP contribution in [0.25, 0.3) is 21.8 Å². The van der Waals surface area contributed by atoms with E-state index in [0.29, 0.717) is 29.0 Å². The number of rotatable bonds is 9. The number of allylic oxidation sites excluding steroid dienone is 5. The number of aromatic nitrogens is 1. The van der Waals surface area contributed by atoms with Gasteiger partial charge >= 0.3 is 0 Å². The number of fused-ring (bicyclic) bond motifs is 3. The summed E-state index contributed by atoms with van der Waals surface area (Å²) in [5.74, 6) is 0.00934. The second-order valence-electron chi connectivity index (χ2n) is 8.14. The predicted molar refractivity (Wildman–Crippen MR) is 141 cm³/mol. The van der Waals surface area contributed by atoms with Gasteiger partial charge in [-0.25, -0.2) is 0 Å². The number of ketones is 2. The van der Waals surface area contributed by atoms with Crippen molar-refractivity contribution in [1.82, 2.24) is 4.57 Å². The van der Waals surface area contributed by atoms with Gasteiger partial charge in [0, 0.05) is 45.9 Å². The Bertz CT molecular complexity index is 1450. The molecule has 172 valence electrons. The molecule has 0 spiro atoms. The minimum atomic E-state index is -0.0191. The Hall–Kier alpha value is -3.54. The standard InChI is InChI=1S/C29H27NO3S/c1-4-7-19(3)20(5-2)18-27(32)21-9-11-25-23(16-21)24-17-22(29(33)28-8-6-15-34-28)10-12-26(24)30(25)13-14-31/h4-12,15-17,31H,1,13-14,18H2,2-3H3/b19-7-,20-5-. The van der Waals surface area contributed by atoms with Crippen molar-refractivity contribution >= 4 is 44.7 Å². The first kappa shape index (κ1) is 23.6. The Morgan fingerprint density at radius 2 is 1.74 bits per heavy atom. The molecule has 0 saturated carbocycles. The van der Waals surface area contributed by atoms with E-state index in [1.165, 1.54) is 11.3 Å². The Morgan fingerprint density at radius 3 is 2.32 bits per heavy atom. The molecule has 0 atom stereocenters. The van der Waals surface area contributed by atoms with Crippen LogP contribution in [0.15, 0.2) is 89.9 Å². The van der Waals surface area contributed by atoms with Crippen molar-refractivity contribution in [2.75, 3.05) is 6.61 Å². The fourth-order valence-corrected chi connectivity index (χ4v) is 5.02. The fourth-order valence-electron chi connectivity index (χ4n) is 4.34. The van der Waals surface area contributed by atoms with Crippen LogP contribution in [0.3, 0.4) is 0 Å². The number of Topliss-reactive ketones (excluding diaryl/α,β-unsaturated/α-hetero) is 1. The lowest BCUT2D eigenvalue weighted by Crippen LogP contribution is -2.03. The van der Waals surface area contributed by atoms with Crippen molar-refractivity contribution < 1.29 is 14.7 Å². The average Bonchev–Trinajstić information content (AvgIpc) is 3.49. The van der Waals surface area contributed by atoms with Gasteiger partial charge in [-0.15, -0.1) is 11.3 Å². The molecule has 0 radical (unpaired) electrons. The molecule has 2 aromatic heterocycles. The smallest absolute Gasteiger partial charge is 0.202 e. The lowest BCUT2D eigenvalue weighted by atomic mass is 9.96. The van der Waals surface area contributed by atoms with E-state index in [2.05, 4.69) is 6.58 Å². The normalized spacial score (nSPS) is 12.4. The third-order valence-electron chi connectivity index (χ3n) is 6.09. The SMILES string of the molecule is C=C/C=C(C)\C(=C/C)CC(=O)c1ccc2c(c1)c1cc(C(=O)c3cccs3)ccc1n2CCO. The zero-order valence-electron chi connectivity index (χ0n) is 19.4. The third kappa shape index (κ3) is 4.45. The van der Waals surface area contributed by atoms with Crippen molar-refractivity contribution in [3.8, 4) is 0 Å². The molecule has 2 aromatic carbocycles. The third-order valence-corrected chi connectivity index (χ3v) is 6.96. The van der Waals surface area contributed by atoms with Crippen LogP contribution in [0.1, 0.15) is 45.9 Å². The van der Waals surface area contributed by atoms with Gasteiger partial charge in [0.15, 0.2) is 5.78 Å². The maximum Gasteiger partial charge on any atom is 0.202 e. The molecule has 1 N–H and O–H groups in total. The second kappa shape index (κ2) is 10.2. The maximum absolute atomic E-state index is 13.2. The van der Waals surface area contributed by atoms with E-state index in [4.69, 9.17) is 0 Å². The summed E-state index contributed by atoms with van der Waals surface area (Å²) in [7, 11) is 0. The molecule has 34 heavy (non-hydrogen) atoms. The van der Waals surface area contributed by atoms with Crippen LogP contribution in [0, 0.1) is 0 Å². The summed E-state index contributed by atoms with van der Waals surface area (Å²) in [6.07, 6.45) is 5.89. The Kier molecular flexibility index (Phi) is 7.06. The van der Waals surface area contributed by atoms with Crippen molar-refractivity contribution in [3.05, 3.63) is 106 Å². The Labute approximate surface area is 203 Å². The number of aliphatic hydroxyl groups excluding tert-OH is 1. The van der Waals surface area contributed by atoms with Crippen molar-refractivity contribution in [3.63, 3.8) is 0 Å². The largest absolute Gasteiger partial charge is 0.395 e. The summed E-state index contributed by atoms with van der Waals surface area (Å²) in [6.45, 7) is 8.07. The van der Waals surface area contributed by atoms with Crippen molar-refractivity contribution in [2.24, 2.45) is 0 Å². The van der Waals surface area contributed by atoms with Crippen LogP contribution >= 0.6 is 11.3 Å². The molecule has 2 heterocycles. The van der Waals surface area contributed by atoms with Gasteiger partial charge in [0.25, 0.3) is 0 Å². The van der Waals surface area contributed by atoms with Gasteiger partial charge in [0.1, 0.15) is 0 Å². The zero-order chi connectivity index (χ0) is 24.2. The molecule has 0 bridgehead atoms. The number of carbonyl (C=O) groups is 2. The molecular formula is C29H27NO3S. The number of hydrogen-bond acceptors (Lipinski definition) is 4. The molecule has 0 aliphatic heterocycles. The molecule has 0 amide bonds. The van der Waals surface area contributed by atoms with E-state index in [0.717, 1.165) is 33.0 Å². The molecule has 0 saturated heterocycles. The van der Waals surface area contributed by atoms with Gasteiger partial charge < -0.3 is 9.67 Å². The minimum Gasteiger partial charge on any atom is -0.395 e. The van der Waals surface area contributed by atoms with E-state index in [1.807, 2.05) is 84.5 Å². The number of nitrogens with zero attached hydrogens (tertiary/aromatic N) is 1. The topological polar surface area (TPSA) is 59.3 Å². The molecule has 5 heteroatoms. The highest BCUT2D eigenvalue weighted by Crippen LogP contribution is 2.32. The summed E-state index contributed by atoms with van der Waals surface area (Å²) in [5.41, 5.74) is 5.07. The predicted octanol–water partition coefficient (Wildman–Crippen LogP) is 6.73. The van der Waals surface area contributed by atoms with Crippen LogP contribution in [-0.4, -0.2) is 27.8 Å². The second-order valence-corrected chi connectivity index (χ2v) is 9.09. The zero-order valence-corrected chi connectivity index (χ0v) is 20.2. The number of benzene rings is 2. The molecule has 4 aromatic rings. The fraction of sp³-hybridized carbons (Fsp3) is 0.172. The summed E-state index contributed by atoms with van der Waals surface area (Å²) in [5, 5.41) is 13.3. The lowest BCUT2D eigenvalue weighted by molar-refractivity contribution is 0.0992. The quantitative estimate of drug-likeness (QED) is 0.218. The van der Waals surface area contributed by atoms with Gasteiger partial charge in [0.05, 0.1) is 11.5 Å². The first-order valence-corrected chi connectivity index (χ1v) is 12.1. The molecule has 0 fully saturated rings. The van der Waals surface area contributed by atoms with Crippen molar-refractivity contribution in [2.45, 2.75) is 26.8 Å². The minimum absolute atomic E-state index is 0.00495. The number of thiophene rings is 1. The highest BCUT2D eigenvalue weighted by Gasteiger charge is 2.17. The van der Waals surface area contributed by atoms with Crippen LogP contribution in [0.4, 0.5) is 0 Å². The summed E-state index contributed by atoms with van der Waals surface area (Å²) < 4.78 is 2.03. The number of aliphatic hydroxyl groups is 1. The van der Waals surface area contributed by atoms with Crippen LogP contribution in [0.2, 0.25) is 0 Å². The molecule has 4 rings (SSSR count). The number of hydrogen-bond donors (Lipinski definition) is 1. The number of carbonyl (C=O) groups excluding carboxylic acids is 2. The highest BCUT2D eigenvalue weighted by atomic mass is 32.1. The molecule has 0 unspecified atom stereocenters. The Balaban J connectivity index is 1.81. The van der Waals surface area contributed by atoms with Crippen LogP contribution in [-0.2, 0) is 6.54 Å².